The van der Waals surface area contributed by atoms with Crippen LogP contribution in [0.4, 0.5) is 0 Å². The molecule has 0 fully saturated rings. The number of nitrogens with one attached hydrogen (secondary N) is 4. The largest absolute Gasteiger partial charge is 0.496 e. The summed E-state index contributed by atoms with van der Waals surface area (Å²) in [7, 11) is 8.18. The van der Waals surface area contributed by atoms with Crippen molar-refractivity contribution in [1.82, 2.24) is 10.6 Å². The first-order chi connectivity index (χ1) is 43.1. The Labute approximate surface area is 522 Å². The molecule has 0 heterocycles. The number of para-hydroxylation sites is 6. The smallest absolute Gasteiger partial charge is 0.190 e. The van der Waals surface area contributed by atoms with E-state index in [9.17, 15) is 0 Å². The molecule has 0 saturated heterocycles. The highest BCUT2D eigenvalue weighted by molar-refractivity contribution is 7.91. The Morgan fingerprint density at radius 2 is 0.652 bits per heavy atom. The van der Waals surface area contributed by atoms with Gasteiger partial charge in [-0.1, -0.05) is 170 Å². The van der Waals surface area contributed by atoms with Crippen LogP contribution in [0.1, 0.15) is 33.4 Å². The highest BCUT2D eigenvalue weighted by atomic mass is 32.2. The first kappa shape index (κ1) is 64.9. The summed E-state index contributed by atoms with van der Waals surface area (Å²) in [4.78, 5) is 0. The molecule has 4 atom stereocenters. The van der Waals surface area contributed by atoms with E-state index in [0.29, 0.717) is 67.9 Å². The normalized spacial score (nSPS) is 18.9. The van der Waals surface area contributed by atoms with E-state index < -0.39 is 56.3 Å². The summed E-state index contributed by atoms with van der Waals surface area (Å²) in [6.07, 6.45) is 25.8. The topological polar surface area (TPSA) is 232 Å². The number of hydrogen-bond donors (Lipinski definition) is 6. The van der Waals surface area contributed by atoms with E-state index in [0.717, 1.165) is 22.3 Å². The van der Waals surface area contributed by atoms with Crippen LogP contribution >= 0.6 is 0 Å². The number of sulfone groups is 1. The summed E-state index contributed by atoms with van der Waals surface area (Å²) in [5, 5.41) is 23.9. The SMILES string of the molecule is COc1ccccc1/C=C/C1=CC(/C=C/c2ccccc2OC)(OC)C(NC(=N)N)=C(/C=C/c2ccccc2OC)C1CS(=O)(=O)CC1C(/C=C/c2ccccc2OC)=CC(/C=C/c2ccccc2OC)(OC)C(NC(=N)N)=C1/C=C/c1ccccc1OC. The number of guanidine groups is 2. The molecule has 6 aromatic rings. The molecule has 17 heteroatoms. The fourth-order valence-electron chi connectivity index (χ4n) is 11.0. The van der Waals surface area contributed by atoms with Crippen LogP contribution in [0.5, 0.6) is 34.5 Å². The molecular weight excluding hydrogens is 1140 g/mol. The van der Waals surface area contributed by atoms with Crippen molar-refractivity contribution in [3.63, 3.8) is 0 Å². The summed E-state index contributed by atoms with van der Waals surface area (Å²) < 4.78 is 80.8. The minimum atomic E-state index is -4.38. The lowest BCUT2D eigenvalue weighted by Gasteiger charge is -2.40. The Morgan fingerprint density at radius 1 is 0.404 bits per heavy atom. The van der Waals surface area contributed by atoms with Gasteiger partial charge in [0.25, 0.3) is 0 Å². The number of ether oxygens (including phenoxy) is 8. The van der Waals surface area contributed by atoms with Gasteiger partial charge in [-0.3, -0.25) is 10.8 Å². The lowest BCUT2D eigenvalue weighted by molar-refractivity contribution is 0.0977. The van der Waals surface area contributed by atoms with E-state index in [4.69, 9.17) is 60.2 Å². The van der Waals surface area contributed by atoms with Gasteiger partial charge < -0.3 is 60.0 Å². The zero-order valence-corrected chi connectivity index (χ0v) is 52.0. The average Bonchev–Trinajstić information content (AvgIpc) is 1.58. The molecule has 16 nitrogen and oxygen atoms in total. The summed E-state index contributed by atoms with van der Waals surface area (Å²) in [6, 6.07) is 44.8. The van der Waals surface area contributed by atoms with Crippen molar-refractivity contribution in [2.24, 2.45) is 23.3 Å². The molecule has 8 N–H and O–H groups in total. The van der Waals surface area contributed by atoms with Crippen molar-refractivity contribution in [1.29, 1.82) is 10.8 Å². The van der Waals surface area contributed by atoms with Gasteiger partial charge in [-0.15, -0.1) is 0 Å². The van der Waals surface area contributed by atoms with Crippen LogP contribution in [-0.4, -0.2) is 99.9 Å². The molecule has 6 aromatic carbocycles. The van der Waals surface area contributed by atoms with Gasteiger partial charge >= 0.3 is 0 Å². The molecule has 8 rings (SSSR count). The molecule has 0 amide bonds. The Bertz CT molecular complexity index is 3740. The molecule has 0 radical (unpaired) electrons. The van der Waals surface area contributed by atoms with Gasteiger partial charge in [0.1, 0.15) is 45.7 Å². The van der Waals surface area contributed by atoms with Crippen LogP contribution in [0.25, 0.3) is 36.5 Å². The van der Waals surface area contributed by atoms with Gasteiger partial charge in [-0.2, -0.15) is 0 Å². The average molecular weight is 1220 g/mol. The van der Waals surface area contributed by atoms with E-state index in [1.165, 1.54) is 14.2 Å². The van der Waals surface area contributed by atoms with Gasteiger partial charge in [-0.25, -0.2) is 8.42 Å². The summed E-state index contributed by atoms with van der Waals surface area (Å²) in [5.74, 6) is -0.421. The Morgan fingerprint density at radius 3 is 0.899 bits per heavy atom. The van der Waals surface area contributed by atoms with E-state index in [-0.39, 0.29) is 11.4 Å². The monoisotopic (exact) mass is 1220 g/mol. The Kier molecular flexibility index (Phi) is 21.9. The first-order valence-electron chi connectivity index (χ1n) is 28.4. The van der Waals surface area contributed by atoms with Gasteiger partial charge in [0.05, 0.1) is 65.6 Å². The van der Waals surface area contributed by atoms with Crippen molar-refractivity contribution in [3.05, 3.63) is 261 Å². The molecular formula is C72H76N6O10S. The quantitative estimate of drug-likeness (QED) is 0.0219. The van der Waals surface area contributed by atoms with Crippen molar-refractivity contribution in [2.45, 2.75) is 11.2 Å². The van der Waals surface area contributed by atoms with E-state index in [1.54, 1.807) is 42.7 Å². The van der Waals surface area contributed by atoms with Gasteiger partial charge in [0, 0.05) is 59.4 Å². The Hall–Kier alpha value is -10.1. The second kappa shape index (κ2) is 30.0. The maximum atomic E-state index is 16.4. The summed E-state index contributed by atoms with van der Waals surface area (Å²) in [6.45, 7) is 0. The van der Waals surface area contributed by atoms with Crippen molar-refractivity contribution in [2.75, 3.05) is 68.4 Å². The second-order valence-corrected chi connectivity index (χ2v) is 22.8. The fraction of sp³-hybridized carbons (Fsp3) is 0.194. The van der Waals surface area contributed by atoms with Crippen LogP contribution in [0.3, 0.4) is 0 Å². The fourth-order valence-corrected chi connectivity index (χ4v) is 12.9. The van der Waals surface area contributed by atoms with Gasteiger partial charge in [-0.05, 0) is 83.0 Å². The molecule has 89 heavy (non-hydrogen) atoms. The van der Waals surface area contributed by atoms with Crippen LogP contribution in [-0.2, 0) is 19.3 Å². The molecule has 0 spiro atoms. The van der Waals surface area contributed by atoms with Crippen LogP contribution < -0.4 is 50.5 Å². The summed E-state index contributed by atoms with van der Waals surface area (Å²) >= 11 is 0. The predicted molar refractivity (Wildman–Crippen MR) is 358 cm³/mol. The first-order valence-corrected chi connectivity index (χ1v) is 30.3. The number of benzene rings is 6. The van der Waals surface area contributed by atoms with Crippen LogP contribution in [0, 0.1) is 22.7 Å². The molecule has 0 saturated carbocycles. The lowest BCUT2D eigenvalue weighted by Crippen LogP contribution is -2.47. The number of methoxy groups -OCH3 is 8. The molecule has 0 aromatic heterocycles. The highest BCUT2D eigenvalue weighted by Gasteiger charge is 2.44. The number of hydrogen-bond acceptors (Lipinski definition) is 12. The number of nitrogens with two attached hydrogens (primary N) is 2. The molecule has 0 aliphatic heterocycles. The maximum absolute atomic E-state index is 16.4. The van der Waals surface area contributed by atoms with Crippen LogP contribution in [0.15, 0.2) is 228 Å². The number of allylic oxidation sites excluding steroid dienone is 8. The standard InChI is InChI=1S/C72H76N6O10S/c1-81-61-27-15-9-21-49(61)33-35-55-45-71(87-7,43-41-53-25-13-19-31-65(53)85-5)67(77-69(73)74)57(39-37-51-23-11-17-29-63(51)83-3)59(55)47-89(79,80)48-60-56(36-34-50-22-10-16-28-62(50)82-2)46-72(88-8,44-42-54-26-14-20-32-66(54)86-6)68(78-70(75)76)58(60)40-38-52-24-12-18-30-64(52)84-4/h9-46,59-60H,47-48H2,1-8H3,(H4,73,74,77)(H4,75,76,78)/b35-33+,36-34+,39-37+,40-38+,43-41+,44-42+. The van der Waals surface area contributed by atoms with Crippen molar-refractivity contribution < 1.29 is 46.3 Å². The Balaban J connectivity index is 1.42. The molecule has 4 unspecified atom stereocenters. The summed E-state index contributed by atoms with van der Waals surface area (Å²) in [5.41, 5.74) is 16.3. The van der Waals surface area contributed by atoms with Crippen LogP contribution in [0.2, 0.25) is 0 Å². The third-order valence-electron chi connectivity index (χ3n) is 15.4. The minimum absolute atomic E-state index is 0.275. The minimum Gasteiger partial charge on any atom is -0.496 e. The van der Waals surface area contributed by atoms with E-state index >= 15 is 8.42 Å². The third kappa shape index (κ3) is 15.6. The third-order valence-corrected chi connectivity index (χ3v) is 17.0. The van der Waals surface area contributed by atoms with Crippen molar-refractivity contribution in [3.8, 4) is 34.5 Å². The molecule has 0 bridgehead atoms. The zero-order chi connectivity index (χ0) is 63.6. The predicted octanol–water partition coefficient (Wildman–Crippen LogP) is 12.1. The maximum Gasteiger partial charge on any atom is 0.190 e. The molecule has 2 aliphatic carbocycles. The number of rotatable bonds is 26. The molecule has 460 valence electrons. The highest BCUT2D eigenvalue weighted by Crippen LogP contribution is 2.45. The van der Waals surface area contributed by atoms with Gasteiger partial charge in [0.2, 0.25) is 0 Å². The van der Waals surface area contributed by atoms with Gasteiger partial charge in [0.15, 0.2) is 21.8 Å². The van der Waals surface area contributed by atoms with Crippen molar-refractivity contribution >= 4 is 58.2 Å². The second-order valence-electron chi connectivity index (χ2n) is 20.7. The van der Waals surface area contributed by atoms with E-state index in [2.05, 4.69) is 10.6 Å². The zero-order valence-electron chi connectivity index (χ0n) is 51.2. The van der Waals surface area contributed by atoms with E-state index in [1.807, 2.05) is 231 Å². The lowest BCUT2D eigenvalue weighted by atomic mass is 9.76. The molecule has 2 aliphatic rings.